The van der Waals surface area contributed by atoms with E-state index < -0.39 is 18.2 Å². The molecule has 102 valence electrons. The van der Waals surface area contributed by atoms with Gasteiger partial charge in [-0.05, 0) is 13.8 Å². The largest absolute Gasteiger partial charge is 0.487 e. The van der Waals surface area contributed by atoms with Crippen LogP contribution < -0.4 is 0 Å². The third-order valence-corrected chi connectivity index (χ3v) is 2.56. The Morgan fingerprint density at radius 2 is 2.22 bits per heavy atom. The lowest BCUT2D eigenvalue weighted by atomic mass is 10.1. The van der Waals surface area contributed by atoms with E-state index in [1.807, 2.05) is 0 Å². The molecule has 3 atom stereocenters. The van der Waals surface area contributed by atoms with Crippen molar-refractivity contribution in [1.82, 2.24) is 0 Å². The van der Waals surface area contributed by atoms with E-state index >= 15 is 0 Å². The lowest BCUT2D eigenvalue weighted by Gasteiger charge is -2.18. The molecule has 0 bridgehead atoms. The van der Waals surface area contributed by atoms with Crippen molar-refractivity contribution in [2.24, 2.45) is 0 Å². The van der Waals surface area contributed by atoms with Crippen molar-refractivity contribution in [3.05, 3.63) is 11.3 Å². The van der Waals surface area contributed by atoms with E-state index in [4.69, 9.17) is 14.6 Å². The van der Waals surface area contributed by atoms with Crippen molar-refractivity contribution in [2.75, 3.05) is 6.61 Å². The van der Waals surface area contributed by atoms with E-state index in [9.17, 15) is 14.7 Å². The van der Waals surface area contributed by atoms with Crippen LogP contribution in [0.1, 0.15) is 26.7 Å². The minimum absolute atomic E-state index is 0.000495. The smallest absolute Gasteiger partial charge is 0.334 e. The molecule has 0 saturated carbocycles. The van der Waals surface area contributed by atoms with Gasteiger partial charge in [0.05, 0.1) is 24.4 Å². The van der Waals surface area contributed by atoms with Crippen LogP contribution in [0.5, 0.6) is 0 Å². The number of rotatable bonds is 8. The Hall–Kier alpha value is -1.40. The summed E-state index contributed by atoms with van der Waals surface area (Å²) < 4.78 is 10.4. The number of epoxide rings is 1. The molecular weight excluding hydrogens is 240 g/mol. The van der Waals surface area contributed by atoms with Crippen LogP contribution in [0.4, 0.5) is 0 Å². The highest BCUT2D eigenvalue weighted by molar-refractivity contribution is 5.86. The van der Waals surface area contributed by atoms with Crippen molar-refractivity contribution in [3.63, 3.8) is 0 Å². The van der Waals surface area contributed by atoms with Crippen LogP contribution in [0.25, 0.3) is 0 Å². The Labute approximate surface area is 105 Å². The van der Waals surface area contributed by atoms with E-state index in [1.54, 1.807) is 0 Å². The Morgan fingerprint density at radius 3 is 2.61 bits per heavy atom. The van der Waals surface area contributed by atoms with E-state index in [0.29, 0.717) is 19.3 Å². The van der Waals surface area contributed by atoms with Crippen LogP contribution >= 0.6 is 0 Å². The maximum absolute atomic E-state index is 10.9. The second-order valence-electron chi connectivity index (χ2n) is 4.39. The summed E-state index contributed by atoms with van der Waals surface area (Å²) in [4.78, 5) is 21.8. The summed E-state index contributed by atoms with van der Waals surface area (Å²) >= 11 is 0. The Kier molecular flexibility index (Phi) is 5.30. The minimum atomic E-state index is -1.13. The van der Waals surface area contributed by atoms with Crippen molar-refractivity contribution >= 4 is 12.3 Å². The highest BCUT2D eigenvalue weighted by Crippen LogP contribution is 2.21. The van der Waals surface area contributed by atoms with Crippen molar-refractivity contribution in [1.29, 1.82) is 0 Å². The van der Waals surface area contributed by atoms with E-state index in [-0.39, 0.29) is 23.9 Å². The fourth-order valence-electron chi connectivity index (χ4n) is 1.45. The molecule has 2 N–H and O–H groups in total. The molecule has 1 heterocycles. The summed E-state index contributed by atoms with van der Waals surface area (Å²) in [7, 11) is 0. The number of carboxylic acid groups (broad SMARTS) is 1. The third kappa shape index (κ3) is 4.85. The molecule has 0 aromatic rings. The van der Waals surface area contributed by atoms with E-state index in [1.165, 1.54) is 13.8 Å². The number of aldehydes is 1. The van der Waals surface area contributed by atoms with Gasteiger partial charge in [-0.3, -0.25) is 4.79 Å². The standard InChI is InChI=1S/C12H18O6/c1-7(14)3-11(8(2)12(15)16)18-9(5-13)4-10-6-17-10/h5,7,9-10,14H,3-4,6H2,1-2H3,(H,15,16). The van der Waals surface area contributed by atoms with Crippen LogP contribution in [-0.2, 0) is 19.1 Å². The molecule has 6 nitrogen and oxygen atoms in total. The lowest BCUT2D eigenvalue weighted by molar-refractivity contribution is -0.133. The number of aliphatic carboxylic acids is 1. The van der Waals surface area contributed by atoms with Crippen LogP contribution in [0, 0.1) is 0 Å². The monoisotopic (exact) mass is 258 g/mol. The zero-order valence-electron chi connectivity index (χ0n) is 10.5. The van der Waals surface area contributed by atoms with E-state index in [2.05, 4.69) is 0 Å². The first-order valence-corrected chi connectivity index (χ1v) is 5.78. The Bertz CT molecular complexity index is 342. The molecule has 0 aliphatic carbocycles. The maximum Gasteiger partial charge on any atom is 0.334 e. The van der Waals surface area contributed by atoms with Crippen molar-refractivity contribution in [2.45, 2.75) is 45.0 Å². The summed E-state index contributed by atoms with van der Waals surface area (Å²) in [5.74, 6) is -0.992. The van der Waals surface area contributed by atoms with Gasteiger partial charge in [-0.15, -0.1) is 0 Å². The number of hydrogen-bond donors (Lipinski definition) is 2. The zero-order valence-corrected chi connectivity index (χ0v) is 10.5. The molecule has 6 heteroatoms. The molecule has 1 aliphatic heterocycles. The number of hydrogen-bond acceptors (Lipinski definition) is 5. The molecule has 1 saturated heterocycles. The second kappa shape index (κ2) is 6.51. The summed E-state index contributed by atoms with van der Waals surface area (Å²) in [5.41, 5.74) is -0.000495. The van der Waals surface area contributed by atoms with Crippen LogP contribution in [0.2, 0.25) is 0 Å². The average molecular weight is 258 g/mol. The zero-order chi connectivity index (χ0) is 13.7. The summed E-state index contributed by atoms with van der Waals surface area (Å²) in [6, 6.07) is 0. The number of aliphatic hydroxyl groups is 1. The van der Waals surface area contributed by atoms with Gasteiger partial charge in [0.25, 0.3) is 0 Å². The van der Waals surface area contributed by atoms with E-state index in [0.717, 1.165) is 0 Å². The van der Waals surface area contributed by atoms with Gasteiger partial charge in [-0.25, -0.2) is 4.79 Å². The Balaban J connectivity index is 2.72. The summed E-state index contributed by atoms with van der Waals surface area (Å²) in [6.45, 7) is 3.51. The van der Waals surface area contributed by atoms with Gasteiger partial charge in [0.1, 0.15) is 5.76 Å². The molecule has 18 heavy (non-hydrogen) atoms. The predicted octanol–water partition coefficient (Wildman–Crippen LogP) is 0.489. The average Bonchev–Trinajstić information content (AvgIpc) is 3.09. The quantitative estimate of drug-likeness (QED) is 0.285. The molecule has 0 aromatic heterocycles. The normalized spacial score (nSPS) is 22.7. The molecule has 0 aromatic carbocycles. The molecule has 1 fully saturated rings. The number of carbonyl (C=O) groups excluding carboxylic acids is 1. The second-order valence-corrected chi connectivity index (χ2v) is 4.39. The number of carboxylic acids is 1. The first-order valence-electron chi connectivity index (χ1n) is 5.78. The summed E-state index contributed by atoms with van der Waals surface area (Å²) in [6.07, 6.45) is -0.371. The molecule has 0 radical (unpaired) electrons. The predicted molar refractivity (Wildman–Crippen MR) is 61.9 cm³/mol. The van der Waals surface area contributed by atoms with Crippen LogP contribution in [-0.4, -0.2) is 47.4 Å². The highest BCUT2D eigenvalue weighted by Gasteiger charge is 2.28. The van der Waals surface area contributed by atoms with Gasteiger partial charge in [-0.2, -0.15) is 0 Å². The first kappa shape index (κ1) is 14.7. The highest BCUT2D eigenvalue weighted by atomic mass is 16.6. The summed E-state index contributed by atoms with van der Waals surface area (Å²) in [5, 5.41) is 18.2. The fraction of sp³-hybridized carbons (Fsp3) is 0.667. The lowest BCUT2D eigenvalue weighted by Crippen LogP contribution is -2.20. The molecular formula is C12H18O6. The maximum atomic E-state index is 10.9. The van der Waals surface area contributed by atoms with Gasteiger partial charge >= 0.3 is 5.97 Å². The topological polar surface area (TPSA) is 96.4 Å². The number of ether oxygens (including phenoxy) is 2. The fourth-order valence-corrected chi connectivity index (χ4v) is 1.45. The first-order chi connectivity index (χ1) is 8.43. The van der Waals surface area contributed by atoms with Gasteiger partial charge in [0.15, 0.2) is 12.4 Å². The minimum Gasteiger partial charge on any atom is -0.487 e. The van der Waals surface area contributed by atoms with Gasteiger partial charge in [0.2, 0.25) is 0 Å². The molecule has 3 unspecified atom stereocenters. The van der Waals surface area contributed by atoms with Crippen molar-refractivity contribution in [3.8, 4) is 0 Å². The molecule has 0 amide bonds. The molecule has 0 spiro atoms. The SMILES string of the molecule is CC(C(=O)O)=C(CC(C)O)OC(C=O)CC1CO1. The van der Waals surface area contributed by atoms with Gasteiger partial charge < -0.3 is 19.7 Å². The Morgan fingerprint density at radius 1 is 1.61 bits per heavy atom. The molecule has 1 rings (SSSR count). The van der Waals surface area contributed by atoms with Gasteiger partial charge in [0, 0.05) is 12.8 Å². The van der Waals surface area contributed by atoms with Crippen molar-refractivity contribution < 1.29 is 29.3 Å². The van der Waals surface area contributed by atoms with Crippen LogP contribution in [0.3, 0.4) is 0 Å². The number of carbonyl (C=O) groups is 2. The van der Waals surface area contributed by atoms with Crippen LogP contribution in [0.15, 0.2) is 11.3 Å². The third-order valence-electron chi connectivity index (χ3n) is 2.56. The van der Waals surface area contributed by atoms with Gasteiger partial charge in [-0.1, -0.05) is 0 Å². The molecule has 1 aliphatic rings. The number of aliphatic hydroxyl groups excluding tert-OH is 1.